The predicted molar refractivity (Wildman–Crippen MR) is 74.7 cm³/mol. The van der Waals surface area contributed by atoms with Crippen LogP contribution in [0.4, 0.5) is 11.4 Å². The largest absolute Gasteiger partial charge is 0.397 e. The van der Waals surface area contributed by atoms with Crippen LogP contribution in [-0.2, 0) is 0 Å². The zero-order valence-corrected chi connectivity index (χ0v) is 11.2. The van der Waals surface area contributed by atoms with Crippen LogP contribution in [0.3, 0.4) is 0 Å². The summed E-state index contributed by atoms with van der Waals surface area (Å²) in [4.78, 5) is 13.5. The van der Waals surface area contributed by atoms with Crippen LogP contribution in [0.5, 0.6) is 0 Å². The Hall–Kier alpha value is -1.71. The Kier molecular flexibility index (Phi) is 3.45. The lowest BCUT2D eigenvalue weighted by Crippen LogP contribution is -2.23. The maximum Gasteiger partial charge on any atom is 0.253 e. The Morgan fingerprint density at radius 3 is 2.67 bits per heavy atom. The van der Waals surface area contributed by atoms with Gasteiger partial charge in [-0.15, -0.1) is 0 Å². The molecular weight excluding hydrogens is 226 g/mol. The Bertz CT molecular complexity index is 452. The number of carbonyl (C=O) groups is 1. The summed E-state index contributed by atoms with van der Waals surface area (Å²) in [6, 6.07) is 5.82. The minimum Gasteiger partial charge on any atom is -0.397 e. The summed E-state index contributed by atoms with van der Waals surface area (Å²) < 4.78 is 0. The molecule has 1 aliphatic rings. The van der Waals surface area contributed by atoms with Gasteiger partial charge in [-0.05, 0) is 43.9 Å². The van der Waals surface area contributed by atoms with Gasteiger partial charge in [-0.3, -0.25) is 4.79 Å². The molecule has 0 aliphatic heterocycles. The average Bonchev–Trinajstić information content (AvgIpc) is 3.14. The fourth-order valence-electron chi connectivity index (χ4n) is 2.03. The fourth-order valence-corrected chi connectivity index (χ4v) is 2.03. The van der Waals surface area contributed by atoms with Crippen LogP contribution >= 0.6 is 0 Å². The first kappa shape index (κ1) is 12.7. The molecule has 1 fully saturated rings. The van der Waals surface area contributed by atoms with Crippen LogP contribution in [0.2, 0.25) is 0 Å². The number of nitrogens with one attached hydrogen (secondary N) is 1. The molecule has 0 bridgehead atoms. The first-order chi connectivity index (χ1) is 8.49. The standard InChI is InChI=1S/C14H21N3O/c1-9(10-4-5-10)16-13-8-11(6-7-12(13)15)14(18)17(2)3/h6-10,16H,4-5,15H2,1-3H3. The third-order valence-corrected chi connectivity index (χ3v) is 3.42. The van der Waals surface area contributed by atoms with Crippen molar-refractivity contribution in [3.8, 4) is 0 Å². The first-order valence-electron chi connectivity index (χ1n) is 6.36. The van der Waals surface area contributed by atoms with Crippen molar-refractivity contribution >= 4 is 17.3 Å². The topological polar surface area (TPSA) is 58.4 Å². The first-order valence-corrected chi connectivity index (χ1v) is 6.36. The molecule has 0 spiro atoms. The molecule has 1 aromatic carbocycles. The lowest BCUT2D eigenvalue weighted by Gasteiger charge is -2.18. The zero-order chi connectivity index (χ0) is 13.3. The molecule has 1 aromatic rings. The zero-order valence-electron chi connectivity index (χ0n) is 11.2. The van der Waals surface area contributed by atoms with E-state index < -0.39 is 0 Å². The maximum absolute atomic E-state index is 11.9. The van der Waals surface area contributed by atoms with E-state index in [1.165, 1.54) is 12.8 Å². The number of nitrogens with two attached hydrogens (primary N) is 1. The molecule has 4 nitrogen and oxygen atoms in total. The van der Waals surface area contributed by atoms with E-state index in [0.717, 1.165) is 11.6 Å². The third kappa shape index (κ3) is 2.75. The summed E-state index contributed by atoms with van der Waals surface area (Å²) >= 11 is 0. The molecule has 98 valence electrons. The summed E-state index contributed by atoms with van der Waals surface area (Å²) in [6.45, 7) is 2.16. The van der Waals surface area contributed by atoms with E-state index in [4.69, 9.17) is 5.73 Å². The van der Waals surface area contributed by atoms with Gasteiger partial charge >= 0.3 is 0 Å². The molecule has 0 saturated heterocycles. The third-order valence-electron chi connectivity index (χ3n) is 3.42. The molecule has 18 heavy (non-hydrogen) atoms. The van der Waals surface area contributed by atoms with E-state index in [1.54, 1.807) is 31.1 Å². The van der Waals surface area contributed by atoms with Gasteiger partial charge in [-0.25, -0.2) is 0 Å². The second-order valence-electron chi connectivity index (χ2n) is 5.27. The van der Waals surface area contributed by atoms with Crippen molar-refractivity contribution in [2.45, 2.75) is 25.8 Å². The number of nitrogens with zero attached hydrogens (tertiary/aromatic N) is 1. The van der Waals surface area contributed by atoms with Crippen molar-refractivity contribution in [2.24, 2.45) is 5.92 Å². The highest BCUT2D eigenvalue weighted by atomic mass is 16.2. The van der Waals surface area contributed by atoms with Crippen LogP contribution < -0.4 is 11.1 Å². The molecule has 1 amide bonds. The molecule has 0 radical (unpaired) electrons. The lowest BCUT2D eigenvalue weighted by atomic mass is 10.1. The monoisotopic (exact) mass is 247 g/mol. The average molecular weight is 247 g/mol. The van der Waals surface area contributed by atoms with Crippen molar-refractivity contribution in [3.63, 3.8) is 0 Å². The van der Waals surface area contributed by atoms with Crippen molar-refractivity contribution in [1.29, 1.82) is 0 Å². The SMILES string of the molecule is CC(Nc1cc(C(=O)N(C)C)ccc1N)C1CC1. The Morgan fingerprint density at radius 2 is 2.11 bits per heavy atom. The van der Waals surface area contributed by atoms with Gasteiger partial charge in [0.2, 0.25) is 0 Å². The highest BCUT2D eigenvalue weighted by Gasteiger charge is 2.28. The highest BCUT2D eigenvalue weighted by molar-refractivity contribution is 5.95. The summed E-state index contributed by atoms with van der Waals surface area (Å²) in [6.07, 6.45) is 2.56. The number of carbonyl (C=O) groups excluding carboxylic acids is 1. The summed E-state index contributed by atoms with van der Waals surface area (Å²) in [5.74, 6) is 0.745. The summed E-state index contributed by atoms with van der Waals surface area (Å²) in [5, 5.41) is 3.41. The number of anilines is 2. The quantitative estimate of drug-likeness (QED) is 0.802. The fraction of sp³-hybridized carbons (Fsp3) is 0.500. The van der Waals surface area contributed by atoms with E-state index in [2.05, 4.69) is 12.2 Å². The number of nitrogen functional groups attached to an aromatic ring is 1. The van der Waals surface area contributed by atoms with Crippen molar-refractivity contribution in [1.82, 2.24) is 4.90 Å². The molecule has 0 aromatic heterocycles. The molecule has 2 rings (SSSR count). The minimum atomic E-state index is -0.00266. The van der Waals surface area contributed by atoms with E-state index in [9.17, 15) is 4.79 Å². The Balaban J connectivity index is 2.17. The number of hydrogen-bond acceptors (Lipinski definition) is 3. The van der Waals surface area contributed by atoms with Gasteiger partial charge in [-0.1, -0.05) is 0 Å². The Morgan fingerprint density at radius 1 is 1.44 bits per heavy atom. The van der Waals surface area contributed by atoms with Gasteiger partial charge < -0.3 is 16.0 Å². The summed E-state index contributed by atoms with van der Waals surface area (Å²) in [5.41, 5.74) is 8.17. The van der Waals surface area contributed by atoms with Crippen LogP contribution in [0.25, 0.3) is 0 Å². The minimum absolute atomic E-state index is 0.00266. The van der Waals surface area contributed by atoms with Gasteiger partial charge in [0.1, 0.15) is 0 Å². The van der Waals surface area contributed by atoms with Gasteiger partial charge in [0.05, 0.1) is 11.4 Å². The van der Waals surface area contributed by atoms with Crippen molar-refractivity contribution in [3.05, 3.63) is 23.8 Å². The van der Waals surface area contributed by atoms with Crippen molar-refractivity contribution in [2.75, 3.05) is 25.1 Å². The van der Waals surface area contributed by atoms with Crippen LogP contribution in [0.1, 0.15) is 30.1 Å². The van der Waals surface area contributed by atoms with Crippen molar-refractivity contribution < 1.29 is 4.79 Å². The molecule has 1 saturated carbocycles. The predicted octanol–water partition coefficient (Wildman–Crippen LogP) is 2.18. The second-order valence-corrected chi connectivity index (χ2v) is 5.27. The van der Waals surface area contributed by atoms with Crippen LogP contribution in [0, 0.1) is 5.92 Å². The summed E-state index contributed by atoms with van der Waals surface area (Å²) in [7, 11) is 3.50. The number of hydrogen-bond donors (Lipinski definition) is 2. The molecule has 1 atom stereocenters. The second kappa shape index (κ2) is 4.88. The van der Waals surface area contributed by atoms with E-state index in [1.807, 2.05) is 6.07 Å². The number of amides is 1. The smallest absolute Gasteiger partial charge is 0.253 e. The maximum atomic E-state index is 11.9. The lowest BCUT2D eigenvalue weighted by molar-refractivity contribution is 0.0827. The van der Waals surface area contributed by atoms with E-state index >= 15 is 0 Å². The number of benzene rings is 1. The molecule has 1 aliphatic carbocycles. The molecular formula is C14H21N3O. The Labute approximate surface area is 108 Å². The van der Waals surface area contributed by atoms with Gasteiger partial charge in [0.25, 0.3) is 5.91 Å². The van der Waals surface area contributed by atoms with E-state index in [-0.39, 0.29) is 5.91 Å². The van der Waals surface area contributed by atoms with Gasteiger partial charge in [0, 0.05) is 25.7 Å². The van der Waals surface area contributed by atoms with Crippen LogP contribution in [0.15, 0.2) is 18.2 Å². The normalized spacial score (nSPS) is 16.2. The molecule has 3 N–H and O–H groups in total. The van der Waals surface area contributed by atoms with Gasteiger partial charge in [0.15, 0.2) is 0 Å². The van der Waals surface area contributed by atoms with Crippen LogP contribution in [-0.4, -0.2) is 30.9 Å². The molecule has 4 heteroatoms. The number of rotatable bonds is 4. The van der Waals surface area contributed by atoms with Gasteiger partial charge in [-0.2, -0.15) is 0 Å². The molecule has 1 unspecified atom stereocenters. The van der Waals surface area contributed by atoms with E-state index in [0.29, 0.717) is 17.3 Å². The highest BCUT2D eigenvalue weighted by Crippen LogP contribution is 2.35. The molecule has 0 heterocycles.